The summed E-state index contributed by atoms with van der Waals surface area (Å²) in [6.45, 7) is 4.11. The lowest BCUT2D eigenvalue weighted by Crippen LogP contribution is -2.33. The molecule has 2 unspecified atom stereocenters. The van der Waals surface area contributed by atoms with Crippen molar-refractivity contribution in [1.29, 1.82) is 0 Å². The fourth-order valence-electron chi connectivity index (χ4n) is 2.86. The van der Waals surface area contributed by atoms with E-state index in [-0.39, 0.29) is 0 Å². The van der Waals surface area contributed by atoms with Gasteiger partial charge < -0.3 is 10.1 Å². The van der Waals surface area contributed by atoms with Crippen molar-refractivity contribution in [3.05, 3.63) is 29.3 Å². The van der Waals surface area contributed by atoms with Crippen molar-refractivity contribution in [2.75, 3.05) is 13.2 Å². The summed E-state index contributed by atoms with van der Waals surface area (Å²) in [7, 11) is 0. The molecule has 1 fully saturated rings. The average molecular weight is 282 g/mol. The standard InChI is InChI=1S/C16H24ClNO/c1-2-11-18-15-8-5-6-13(15)10-12-19-16-9-4-3-7-14(16)17/h3-4,7,9,13,15,18H,2,5-6,8,10-12H2,1H3. The number of hydrogen-bond acceptors (Lipinski definition) is 2. The van der Waals surface area contributed by atoms with Crippen LogP contribution in [0.2, 0.25) is 5.02 Å². The van der Waals surface area contributed by atoms with Crippen LogP contribution in [0.4, 0.5) is 0 Å². The van der Waals surface area contributed by atoms with Crippen LogP contribution in [0, 0.1) is 5.92 Å². The molecule has 0 spiro atoms. The minimum Gasteiger partial charge on any atom is -0.492 e. The number of benzene rings is 1. The molecule has 0 saturated heterocycles. The molecular formula is C16H24ClNO. The molecule has 106 valence electrons. The quantitative estimate of drug-likeness (QED) is 0.805. The second kappa shape index (κ2) is 7.76. The maximum Gasteiger partial charge on any atom is 0.137 e. The van der Waals surface area contributed by atoms with Gasteiger partial charge in [0.2, 0.25) is 0 Å². The van der Waals surface area contributed by atoms with Crippen LogP contribution in [0.1, 0.15) is 39.0 Å². The lowest BCUT2D eigenvalue weighted by Gasteiger charge is -2.21. The number of para-hydroxylation sites is 1. The highest BCUT2D eigenvalue weighted by atomic mass is 35.5. The summed E-state index contributed by atoms with van der Waals surface area (Å²) >= 11 is 6.08. The summed E-state index contributed by atoms with van der Waals surface area (Å²) in [6.07, 6.45) is 6.31. The molecule has 2 nitrogen and oxygen atoms in total. The molecule has 2 atom stereocenters. The first kappa shape index (κ1) is 14.7. The Balaban J connectivity index is 1.74. The Morgan fingerprint density at radius 1 is 1.32 bits per heavy atom. The van der Waals surface area contributed by atoms with Gasteiger partial charge in [0.25, 0.3) is 0 Å². The Kier molecular flexibility index (Phi) is 5.99. The zero-order valence-electron chi connectivity index (χ0n) is 11.7. The van der Waals surface area contributed by atoms with Gasteiger partial charge in [-0.15, -0.1) is 0 Å². The zero-order valence-corrected chi connectivity index (χ0v) is 12.5. The second-order valence-electron chi connectivity index (χ2n) is 5.32. The van der Waals surface area contributed by atoms with E-state index >= 15 is 0 Å². The number of ether oxygens (including phenoxy) is 1. The summed E-state index contributed by atoms with van der Waals surface area (Å²) in [5, 5.41) is 4.36. The maximum atomic E-state index is 6.08. The van der Waals surface area contributed by atoms with Gasteiger partial charge in [-0.2, -0.15) is 0 Å². The van der Waals surface area contributed by atoms with Crippen molar-refractivity contribution in [2.45, 2.75) is 45.1 Å². The van der Waals surface area contributed by atoms with Gasteiger partial charge in [0.15, 0.2) is 0 Å². The van der Waals surface area contributed by atoms with Crippen LogP contribution >= 0.6 is 11.6 Å². The van der Waals surface area contributed by atoms with E-state index in [4.69, 9.17) is 16.3 Å². The van der Waals surface area contributed by atoms with Gasteiger partial charge in [0.05, 0.1) is 11.6 Å². The van der Waals surface area contributed by atoms with Crippen molar-refractivity contribution in [2.24, 2.45) is 5.92 Å². The topological polar surface area (TPSA) is 21.3 Å². The summed E-state index contributed by atoms with van der Waals surface area (Å²) in [4.78, 5) is 0. The highest BCUT2D eigenvalue weighted by Crippen LogP contribution is 2.29. The van der Waals surface area contributed by atoms with Gasteiger partial charge in [-0.05, 0) is 50.3 Å². The fourth-order valence-corrected chi connectivity index (χ4v) is 3.05. The molecule has 0 bridgehead atoms. The summed E-state index contributed by atoms with van der Waals surface area (Å²) in [5.41, 5.74) is 0. The molecule has 0 amide bonds. The lowest BCUT2D eigenvalue weighted by molar-refractivity contribution is 0.260. The van der Waals surface area contributed by atoms with Gasteiger partial charge in [-0.3, -0.25) is 0 Å². The van der Waals surface area contributed by atoms with E-state index in [1.807, 2.05) is 24.3 Å². The van der Waals surface area contributed by atoms with Crippen LogP contribution in [0.5, 0.6) is 5.75 Å². The lowest BCUT2D eigenvalue weighted by atomic mass is 10.00. The molecule has 1 saturated carbocycles. The minimum atomic E-state index is 0.690. The fraction of sp³-hybridized carbons (Fsp3) is 0.625. The Morgan fingerprint density at radius 3 is 2.95 bits per heavy atom. The van der Waals surface area contributed by atoms with Crippen molar-refractivity contribution in [3.8, 4) is 5.75 Å². The molecule has 19 heavy (non-hydrogen) atoms. The third-order valence-electron chi connectivity index (χ3n) is 3.90. The van der Waals surface area contributed by atoms with E-state index in [9.17, 15) is 0 Å². The van der Waals surface area contributed by atoms with Crippen LogP contribution in [0.25, 0.3) is 0 Å². The summed E-state index contributed by atoms with van der Waals surface area (Å²) in [5.74, 6) is 1.56. The van der Waals surface area contributed by atoms with E-state index in [1.54, 1.807) is 0 Å². The molecule has 0 heterocycles. The van der Waals surface area contributed by atoms with Crippen LogP contribution in [-0.4, -0.2) is 19.2 Å². The zero-order chi connectivity index (χ0) is 13.5. The molecule has 1 N–H and O–H groups in total. The Labute approximate surface area is 121 Å². The Hall–Kier alpha value is -0.730. The molecule has 0 aromatic heterocycles. The maximum absolute atomic E-state index is 6.08. The first-order valence-electron chi connectivity index (χ1n) is 7.42. The van der Waals surface area contributed by atoms with E-state index in [1.165, 1.54) is 25.7 Å². The Morgan fingerprint density at radius 2 is 2.16 bits per heavy atom. The van der Waals surface area contributed by atoms with Crippen LogP contribution in [0.15, 0.2) is 24.3 Å². The van der Waals surface area contributed by atoms with Crippen molar-refractivity contribution < 1.29 is 4.74 Å². The second-order valence-corrected chi connectivity index (χ2v) is 5.73. The third kappa shape index (κ3) is 4.39. The molecular weight excluding hydrogens is 258 g/mol. The molecule has 3 heteroatoms. The number of nitrogens with one attached hydrogen (secondary N) is 1. The van der Waals surface area contributed by atoms with E-state index in [0.717, 1.165) is 31.2 Å². The van der Waals surface area contributed by atoms with Crippen LogP contribution in [0.3, 0.4) is 0 Å². The van der Waals surface area contributed by atoms with E-state index < -0.39 is 0 Å². The van der Waals surface area contributed by atoms with E-state index in [0.29, 0.717) is 11.1 Å². The van der Waals surface area contributed by atoms with Crippen LogP contribution in [-0.2, 0) is 0 Å². The number of rotatable bonds is 7. The van der Waals surface area contributed by atoms with Crippen molar-refractivity contribution >= 4 is 11.6 Å². The normalized spacial score (nSPS) is 22.6. The molecule has 1 aliphatic carbocycles. The monoisotopic (exact) mass is 281 g/mol. The smallest absolute Gasteiger partial charge is 0.137 e. The summed E-state index contributed by atoms with van der Waals surface area (Å²) in [6, 6.07) is 8.39. The van der Waals surface area contributed by atoms with Crippen LogP contribution < -0.4 is 10.1 Å². The predicted molar refractivity (Wildman–Crippen MR) is 81.0 cm³/mol. The molecule has 1 aromatic carbocycles. The highest BCUT2D eigenvalue weighted by molar-refractivity contribution is 6.32. The van der Waals surface area contributed by atoms with Gasteiger partial charge in [0.1, 0.15) is 5.75 Å². The van der Waals surface area contributed by atoms with Gasteiger partial charge >= 0.3 is 0 Å². The average Bonchev–Trinajstić information content (AvgIpc) is 2.86. The minimum absolute atomic E-state index is 0.690. The van der Waals surface area contributed by atoms with Crippen molar-refractivity contribution in [3.63, 3.8) is 0 Å². The van der Waals surface area contributed by atoms with Crippen molar-refractivity contribution in [1.82, 2.24) is 5.32 Å². The molecule has 1 aromatic rings. The highest BCUT2D eigenvalue weighted by Gasteiger charge is 2.26. The van der Waals surface area contributed by atoms with Gasteiger partial charge in [-0.1, -0.05) is 37.1 Å². The summed E-state index contributed by atoms with van der Waals surface area (Å²) < 4.78 is 5.79. The molecule has 1 aliphatic rings. The largest absolute Gasteiger partial charge is 0.492 e. The molecule has 2 rings (SSSR count). The SMILES string of the molecule is CCCNC1CCCC1CCOc1ccccc1Cl. The Bertz CT molecular complexity index is 383. The molecule has 0 aliphatic heterocycles. The predicted octanol–water partition coefficient (Wildman–Crippen LogP) is 4.28. The number of halogens is 1. The first-order valence-corrected chi connectivity index (χ1v) is 7.79. The van der Waals surface area contributed by atoms with E-state index in [2.05, 4.69) is 12.2 Å². The first-order chi connectivity index (χ1) is 9.31. The third-order valence-corrected chi connectivity index (χ3v) is 4.21. The van der Waals surface area contributed by atoms with Gasteiger partial charge in [0, 0.05) is 6.04 Å². The van der Waals surface area contributed by atoms with Gasteiger partial charge in [-0.25, -0.2) is 0 Å². The molecule has 0 radical (unpaired) electrons. The number of hydrogen-bond donors (Lipinski definition) is 1.